The molecule has 1 aliphatic rings. The Labute approximate surface area is 217 Å². The SMILES string of the molecule is C/C=C\CCC(CCC)c1cc2cc(C(=O)N3CCN(Cc4ccc(C(F)(F)F)cc4)CC3)ccc2[nH]1. The predicted octanol–water partition coefficient (Wildman–Crippen LogP) is 7.38. The molecular formula is C30H36F3N3O. The van der Waals surface area contributed by atoms with Crippen LogP contribution in [0.5, 0.6) is 0 Å². The number of benzene rings is 2. The molecule has 1 aromatic heterocycles. The molecule has 0 bridgehead atoms. The molecule has 37 heavy (non-hydrogen) atoms. The number of amides is 1. The van der Waals surface area contributed by atoms with E-state index in [1.807, 2.05) is 23.1 Å². The zero-order valence-electron chi connectivity index (χ0n) is 21.7. The number of halogens is 3. The van der Waals surface area contributed by atoms with E-state index in [1.54, 1.807) is 0 Å². The first-order valence-corrected chi connectivity index (χ1v) is 13.2. The van der Waals surface area contributed by atoms with Crippen molar-refractivity contribution in [3.05, 3.63) is 83.1 Å². The lowest BCUT2D eigenvalue weighted by atomic mass is 9.94. The number of piperazine rings is 1. The van der Waals surface area contributed by atoms with Gasteiger partial charge in [0.1, 0.15) is 0 Å². The highest BCUT2D eigenvalue weighted by atomic mass is 19.4. The van der Waals surface area contributed by atoms with Gasteiger partial charge in [-0.2, -0.15) is 13.2 Å². The zero-order chi connectivity index (χ0) is 26.4. The highest BCUT2D eigenvalue weighted by Crippen LogP contribution is 2.30. The largest absolute Gasteiger partial charge is 0.416 e. The highest BCUT2D eigenvalue weighted by molar-refractivity contribution is 5.98. The fourth-order valence-corrected chi connectivity index (χ4v) is 5.12. The van der Waals surface area contributed by atoms with Crippen LogP contribution in [0.3, 0.4) is 0 Å². The zero-order valence-corrected chi connectivity index (χ0v) is 21.7. The minimum Gasteiger partial charge on any atom is -0.358 e. The third-order valence-electron chi connectivity index (χ3n) is 7.23. The van der Waals surface area contributed by atoms with Gasteiger partial charge in [-0.25, -0.2) is 0 Å². The van der Waals surface area contributed by atoms with E-state index in [9.17, 15) is 18.0 Å². The molecular weight excluding hydrogens is 475 g/mol. The molecule has 0 radical (unpaired) electrons. The fraction of sp³-hybridized carbons (Fsp3) is 0.433. The molecule has 1 fully saturated rings. The number of carbonyl (C=O) groups is 1. The van der Waals surface area contributed by atoms with E-state index in [0.717, 1.165) is 54.3 Å². The first-order valence-electron chi connectivity index (χ1n) is 13.2. The van der Waals surface area contributed by atoms with Crippen LogP contribution in [-0.4, -0.2) is 46.9 Å². The maximum atomic E-state index is 13.2. The number of nitrogens with one attached hydrogen (secondary N) is 1. The lowest BCUT2D eigenvalue weighted by Gasteiger charge is -2.34. The van der Waals surface area contributed by atoms with Crippen LogP contribution in [0.25, 0.3) is 10.9 Å². The first-order chi connectivity index (χ1) is 17.8. The second kappa shape index (κ2) is 12.0. The molecule has 1 amide bonds. The molecule has 0 aliphatic carbocycles. The third kappa shape index (κ3) is 6.83. The van der Waals surface area contributed by atoms with Gasteiger partial charge < -0.3 is 9.88 Å². The Bertz CT molecular complexity index is 1210. The molecule has 7 heteroatoms. The van der Waals surface area contributed by atoms with Gasteiger partial charge in [-0.3, -0.25) is 9.69 Å². The molecule has 1 aliphatic heterocycles. The lowest BCUT2D eigenvalue weighted by Crippen LogP contribution is -2.48. The van der Waals surface area contributed by atoms with Crippen molar-refractivity contribution in [3.8, 4) is 0 Å². The van der Waals surface area contributed by atoms with Crippen LogP contribution < -0.4 is 0 Å². The molecule has 198 valence electrons. The number of nitrogens with zero attached hydrogens (tertiary/aromatic N) is 2. The second-order valence-electron chi connectivity index (χ2n) is 9.92. The van der Waals surface area contributed by atoms with Gasteiger partial charge in [0.05, 0.1) is 5.56 Å². The number of allylic oxidation sites excluding steroid dienone is 2. The second-order valence-corrected chi connectivity index (χ2v) is 9.92. The van der Waals surface area contributed by atoms with E-state index in [-0.39, 0.29) is 5.91 Å². The van der Waals surface area contributed by atoms with Gasteiger partial charge in [0.2, 0.25) is 0 Å². The van der Waals surface area contributed by atoms with Crippen molar-refractivity contribution in [1.29, 1.82) is 0 Å². The Morgan fingerprint density at radius 3 is 2.41 bits per heavy atom. The highest BCUT2D eigenvalue weighted by Gasteiger charge is 2.30. The quantitative estimate of drug-likeness (QED) is 0.304. The van der Waals surface area contributed by atoms with Crippen LogP contribution in [0.15, 0.2) is 60.7 Å². The molecule has 3 aromatic rings. The number of alkyl halides is 3. The molecule has 1 N–H and O–H groups in total. The van der Waals surface area contributed by atoms with Gasteiger partial charge in [-0.05, 0) is 74.1 Å². The molecule has 1 atom stereocenters. The summed E-state index contributed by atoms with van der Waals surface area (Å²) >= 11 is 0. The summed E-state index contributed by atoms with van der Waals surface area (Å²) in [6.45, 7) is 7.41. The van der Waals surface area contributed by atoms with Crippen LogP contribution in [0.4, 0.5) is 13.2 Å². The predicted molar refractivity (Wildman–Crippen MR) is 143 cm³/mol. The minimum absolute atomic E-state index is 0.0250. The Kier molecular flexibility index (Phi) is 8.75. The van der Waals surface area contributed by atoms with E-state index in [2.05, 4.69) is 41.9 Å². The Balaban J connectivity index is 1.36. The fourth-order valence-electron chi connectivity index (χ4n) is 5.12. The number of H-pyrrole nitrogens is 1. The van der Waals surface area contributed by atoms with E-state index in [1.165, 1.54) is 17.8 Å². The van der Waals surface area contributed by atoms with Crippen LogP contribution in [0.1, 0.15) is 72.6 Å². The maximum absolute atomic E-state index is 13.2. The van der Waals surface area contributed by atoms with Crippen molar-refractivity contribution >= 4 is 16.8 Å². The van der Waals surface area contributed by atoms with Crippen LogP contribution in [0, 0.1) is 0 Å². The Morgan fingerprint density at radius 1 is 1.03 bits per heavy atom. The smallest absolute Gasteiger partial charge is 0.358 e. The van der Waals surface area contributed by atoms with Crippen molar-refractivity contribution in [3.63, 3.8) is 0 Å². The van der Waals surface area contributed by atoms with Crippen molar-refractivity contribution in [2.24, 2.45) is 0 Å². The monoisotopic (exact) mass is 511 g/mol. The summed E-state index contributed by atoms with van der Waals surface area (Å²) in [7, 11) is 0. The summed E-state index contributed by atoms with van der Waals surface area (Å²) in [6, 6.07) is 13.4. The van der Waals surface area contributed by atoms with Crippen LogP contribution in [0.2, 0.25) is 0 Å². The number of hydrogen-bond donors (Lipinski definition) is 1. The average molecular weight is 512 g/mol. The molecule has 4 rings (SSSR count). The molecule has 4 nitrogen and oxygen atoms in total. The summed E-state index contributed by atoms with van der Waals surface area (Å²) in [6.07, 6.45) is 4.42. The Morgan fingerprint density at radius 2 is 1.76 bits per heavy atom. The number of fused-ring (bicyclic) bond motifs is 1. The van der Waals surface area contributed by atoms with Crippen molar-refractivity contribution in [1.82, 2.24) is 14.8 Å². The van der Waals surface area contributed by atoms with Crippen LogP contribution >= 0.6 is 0 Å². The molecule has 0 saturated carbocycles. The van der Waals surface area contributed by atoms with E-state index in [0.29, 0.717) is 44.2 Å². The summed E-state index contributed by atoms with van der Waals surface area (Å²) in [5.74, 6) is 0.502. The normalized spacial score (nSPS) is 16.1. The van der Waals surface area contributed by atoms with Crippen LogP contribution in [-0.2, 0) is 12.7 Å². The summed E-state index contributed by atoms with van der Waals surface area (Å²) in [5.41, 5.74) is 3.19. The van der Waals surface area contributed by atoms with E-state index in [4.69, 9.17) is 0 Å². The third-order valence-corrected chi connectivity index (χ3v) is 7.23. The number of hydrogen-bond acceptors (Lipinski definition) is 2. The summed E-state index contributed by atoms with van der Waals surface area (Å²) in [5, 5.41) is 1.06. The summed E-state index contributed by atoms with van der Waals surface area (Å²) < 4.78 is 38.4. The van der Waals surface area contributed by atoms with E-state index < -0.39 is 11.7 Å². The topological polar surface area (TPSA) is 39.3 Å². The van der Waals surface area contributed by atoms with E-state index >= 15 is 0 Å². The van der Waals surface area contributed by atoms with Crippen molar-refractivity contribution in [2.45, 2.75) is 58.2 Å². The van der Waals surface area contributed by atoms with Gasteiger partial charge in [0.15, 0.2) is 0 Å². The van der Waals surface area contributed by atoms with Gasteiger partial charge in [0, 0.05) is 54.9 Å². The maximum Gasteiger partial charge on any atom is 0.416 e. The molecule has 1 saturated heterocycles. The molecule has 2 heterocycles. The van der Waals surface area contributed by atoms with Gasteiger partial charge in [-0.1, -0.05) is 37.6 Å². The number of rotatable bonds is 9. The first kappa shape index (κ1) is 27.0. The molecule has 1 unspecified atom stereocenters. The lowest BCUT2D eigenvalue weighted by molar-refractivity contribution is -0.137. The van der Waals surface area contributed by atoms with Gasteiger partial charge in [-0.15, -0.1) is 0 Å². The van der Waals surface area contributed by atoms with Crippen molar-refractivity contribution in [2.75, 3.05) is 26.2 Å². The number of aromatic nitrogens is 1. The molecule has 0 spiro atoms. The number of carbonyl (C=O) groups excluding carboxylic acids is 1. The summed E-state index contributed by atoms with van der Waals surface area (Å²) in [4.78, 5) is 20.9. The van der Waals surface area contributed by atoms with Gasteiger partial charge >= 0.3 is 6.18 Å². The van der Waals surface area contributed by atoms with Gasteiger partial charge in [0.25, 0.3) is 5.91 Å². The minimum atomic E-state index is -4.32. The molecule has 2 aromatic carbocycles. The average Bonchev–Trinajstić information content (AvgIpc) is 3.31. The standard InChI is InChI=1S/C30H36F3N3O/c1-3-5-6-8-23(7-4-2)28-20-25-19-24(11-14-27(25)34-28)29(37)36-17-15-35(16-18-36)21-22-9-12-26(13-10-22)30(31,32)33/h3,5,9-14,19-20,23,34H,4,6-8,15-18,21H2,1-2H3/b5-3-. The number of aromatic amines is 1. The Hall–Kier alpha value is -3.06. The van der Waals surface area contributed by atoms with Crippen molar-refractivity contribution < 1.29 is 18.0 Å².